The van der Waals surface area contributed by atoms with E-state index in [-0.39, 0.29) is 11.3 Å². The highest BCUT2D eigenvalue weighted by Gasteiger charge is 2.59. The molecule has 114 valence electrons. The lowest BCUT2D eigenvalue weighted by Gasteiger charge is -2.17. The van der Waals surface area contributed by atoms with E-state index in [0.717, 1.165) is 40.7 Å². The lowest BCUT2D eigenvalue weighted by atomic mass is 9.99. The fourth-order valence-corrected chi connectivity index (χ4v) is 3.96. The number of nitrogens with zero attached hydrogens (tertiary/aromatic N) is 3. The first-order valence-electron chi connectivity index (χ1n) is 7.73. The second-order valence-electron chi connectivity index (χ2n) is 6.34. The highest BCUT2D eigenvalue weighted by atomic mass is 35.5. The van der Waals surface area contributed by atoms with Crippen LogP contribution in [0.25, 0.3) is 10.9 Å². The number of hydrogen-bond donors (Lipinski definition) is 0. The van der Waals surface area contributed by atoms with Crippen molar-refractivity contribution in [2.75, 3.05) is 4.90 Å². The summed E-state index contributed by atoms with van der Waals surface area (Å²) in [6, 6.07) is 12.0. The largest absolute Gasteiger partial charge is 0.304 e. The number of carbonyl (C=O) groups is 1. The smallest absolute Gasteiger partial charge is 0.238 e. The maximum Gasteiger partial charge on any atom is 0.238 e. The summed E-state index contributed by atoms with van der Waals surface area (Å²) in [6.45, 7) is 0.470. The molecule has 1 aliphatic heterocycles. The van der Waals surface area contributed by atoms with Crippen LogP contribution in [-0.2, 0) is 16.8 Å². The maximum atomic E-state index is 12.9. The fraction of sp³-hybridized carbons (Fsp3) is 0.222. The Bertz CT molecular complexity index is 958. The van der Waals surface area contributed by atoms with Crippen molar-refractivity contribution in [3.05, 3.63) is 60.0 Å². The monoisotopic (exact) mass is 323 g/mol. The number of benzene rings is 1. The van der Waals surface area contributed by atoms with Gasteiger partial charge in [0.25, 0.3) is 0 Å². The van der Waals surface area contributed by atoms with Crippen molar-refractivity contribution in [1.82, 2.24) is 9.07 Å². The third kappa shape index (κ3) is 1.67. The topological polar surface area (TPSA) is 38.1 Å². The van der Waals surface area contributed by atoms with E-state index in [1.807, 2.05) is 41.3 Å². The standard InChI is InChI=1S/C18H14ClN3O/c19-22-13(9-12-3-1-2-4-15(12)22)11-21-16-10-20-8-5-14(16)18(6-7-18)17(21)23/h1-5,8-10H,6-7,11H2. The number of aromatic nitrogens is 2. The number of carbonyl (C=O) groups excluding carboxylic acids is 1. The van der Waals surface area contributed by atoms with E-state index in [2.05, 4.69) is 4.98 Å². The second-order valence-corrected chi connectivity index (χ2v) is 6.68. The number of pyridine rings is 1. The van der Waals surface area contributed by atoms with Crippen LogP contribution in [0.1, 0.15) is 24.1 Å². The quantitative estimate of drug-likeness (QED) is 0.722. The minimum absolute atomic E-state index is 0.183. The number of anilines is 1. The normalized spacial score (nSPS) is 18.0. The molecule has 23 heavy (non-hydrogen) atoms. The van der Waals surface area contributed by atoms with Crippen molar-refractivity contribution in [3.63, 3.8) is 0 Å². The Morgan fingerprint density at radius 3 is 2.83 bits per heavy atom. The summed E-state index contributed by atoms with van der Waals surface area (Å²) >= 11 is 6.46. The molecule has 0 atom stereocenters. The van der Waals surface area contributed by atoms with Gasteiger partial charge in [-0.25, -0.2) is 0 Å². The summed E-state index contributed by atoms with van der Waals surface area (Å²) in [6.07, 6.45) is 5.43. The lowest BCUT2D eigenvalue weighted by Crippen LogP contribution is -2.31. The zero-order valence-electron chi connectivity index (χ0n) is 12.4. The molecule has 1 spiro atoms. The van der Waals surface area contributed by atoms with Crippen LogP contribution in [0.2, 0.25) is 0 Å². The van der Waals surface area contributed by atoms with Gasteiger partial charge in [0.15, 0.2) is 0 Å². The van der Waals surface area contributed by atoms with E-state index < -0.39 is 0 Å². The average molecular weight is 324 g/mol. The Labute approximate surface area is 138 Å². The molecule has 1 amide bonds. The van der Waals surface area contributed by atoms with Crippen LogP contribution < -0.4 is 4.90 Å². The van der Waals surface area contributed by atoms with Crippen molar-refractivity contribution >= 4 is 34.3 Å². The summed E-state index contributed by atoms with van der Waals surface area (Å²) in [5, 5.41) is 1.08. The minimum Gasteiger partial charge on any atom is -0.304 e. The number of rotatable bonds is 2. The highest BCUT2D eigenvalue weighted by Crippen LogP contribution is 2.57. The molecule has 4 nitrogen and oxygen atoms in total. The Morgan fingerprint density at radius 1 is 1.22 bits per heavy atom. The maximum absolute atomic E-state index is 12.9. The first kappa shape index (κ1) is 13.1. The van der Waals surface area contributed by atoms with Crippen LogP contribution in [0.5, 0.6) is 0 Å². The summed E-state index contributed by atoms with van der Waals surface area (Å²) in [5.74, 6) is 0.183. The first-order chi connectivity index (χ1) is 11.2. The number of halogens is 1. The Morgan fingerprint density at radius 2 is 2.04 bits per heavy atom. The predicted molar refractivity (Wildman–Crippen MR) is 89.5 cm³/mol. The number of para-hydroxylation sites is 1. The van der Waals surface area contributed by atoms with Gasteiger partial charge in [-0.15, -0.1) is 0 Å². The molecule has 3 heterocycles. The SMILES string of the molecule is O=C1N(Cc2cc3ccccc3n2Cl)c2cnccc2C12CC2. The van der Waals surface area contributed by atoms with E-state index in [0.29, 0.717) is 6.54 Å². The Hall–Kier alpha value is -2.33. The van der Waals surface area contributed by atoms with Crippen LogP contribution in [0.15, 0.2) is 48.8 Å². The molecule has 1 aliphatic carbocycles. The van der Waals surface area contributed by atoms with Gasteiger partial charge in [-0.1, -0.05) is 18.2 Å². The first-order valence-corrected chi connectivity index (χ1v) is 8.06. The molecule has 0 N–H and O–H groups in total. The highest BCUT2D eigenvalue weighted by molar-refractivity contribution is 6.20. The molecular weight excluding hydrogens is 310 g/mol. The van der Waals surface area contributed by atoms with Gasteiger partial charge in [0.1, 0.15) is 0 Å². The number of fused-ring (bicyclic) bond motifs is 3. The van der Waals surface area contributed by atoms with Crippen molar-refractivity contribution in [2.45, 2.75) is 24.8 Å². The average Bonchev–Trinajstić information content (AvgIpc) is 3.29. The van der Waals surface area contributed by atoms with Crippen LogP contribution in [-0.4, -0.2) is 15.0 Å². The van der Waals surface area contributed by atoms with Gasteiger partial charge in [-0.05, 0) is 36.6 Å². The molecule has 0 bridgehead atoms. The lowest BCUT2D eigenvalue weighted by molar-refractivity contribution is -0.120. The van der Waals surface area contributed by atoms with E-state index in [9.17, 15) is 4.79 Å². The molecule has 1 aromatic carbocycles. The molecule has 0 radical (unpaired) electrons. The van der Waals surface area contributed by atoms with Gasteiger partial charge < -0.3 is 4.90 Å². The van der Waals surface area contributed by atoms with Crippen LogP contribution >= 0.6 is 11.8 Å². The van der Waals surface area contributed by atoms with Gasteiger partial charge in [0.05, 0.1) is 35.1 Å². The second kappa shape index (κ2) is 4.36. The van der Waals surface area contributed by atoms with Crippen LogP contribution in [0, 0.1) is 0 Å². The zero-order valence-corrected chi connectivity index (χ0v) is 13.1. The molecule has 0 unspecified atom stereocenters. The molecule has 3 aromatic rings. The van der Waals surface area contributed by atoms with Crippen molar-refractivity contribution in [3.8, 4) is 0 Å². The van der Waals surface area contributed by atoms with E-state index in [1.165, 1.54) is 0 Å². The van der Waals surface area contributed by atoms with Crippen LogP contribution in [0.4, 0.5) is 5.69 Å². The van der Waals surface area contributed by atoms with Gasteiger partial charge >= 0.3 is 0 Å². The van der Waals surface area contributed by atoms with E-state index in [4.69, 9.17) is 11.8 Å². The molecule has 1 saturated carbocycles. The Balaban J connectivity index is 1.60. The van der Waals surface area contributed by atoms with E-state index >= 15 is 0 Å². The Kier molecular flexibility index (Phi) is 2.49. The summed E-state index contributed by atoms with van der Waals surface area (Å²) in [4.78, 5) is 19.0. The summed E-state index contributed by atoms with van der Waals surface area (Å²) in [5.41, 5.74) is 3.63. The number of hydrogen-bond acceptors (Lipinski definition) is 2. The molecule has 2 aromatic heterocycles. The van der Waals surface area contributed by atoms with Crippen molar-refractivity contribution in [2.24, 2.45) is 0 Å². The third-order valence-electron chi connectivity index (χ3n) is 5.05. The van der Waals surface area contributed by atoms with Gasteiger partial charge in [0, 0.05) is 23.4 Å². The van der Waals surface area contributed by atoms with Gasteiger partial charge in [0.2, 0.25) is 5.91 Å². The van der Waals surface area contributed by atoms with Crippen molar-refractivity contribution < 1.29 is 4.79 Å². The number of amides is 1. The molecular formula is C18H14ClN3O. The molecule has 2 aliphatic rings. The van der Waals surface area contributed by atoms with Crippen LogP contribution in [0.3, 0.4) is 0 Å². The minimum atomic E-state index is -0.290. The summed E-state index contributed by atoms with van der Waals surface area (Å²) < 4.78 is 1.65. The van der Waals surface area contributed by atoms with E-state index in [1.54, 1.807) is 16.5 Å². The van der Waals surface area contributed by atoms with Gasteiger partial charge in [-0.2, -0.15) is 0 Å². The molecule has 0 saturated heterocycles. The third-order valence-corrected chi connectivity index (χ3v) is 5.45. The molecule has 1 fully saturated rings. The van der Waals surface area contributed by atoms with Crippen molar-refractivity contribution in [1.29, 1.82) is 0 Å². The summed E-state index contributed by atoms with van der Waals surface area (Å²) in [7, 11) is 0. The zero-order chi connectivity index (χ0) is 15.6. The molecule has 5 heteroatoms. The van der Waals surface area contributed by atoms with Gasteiger partial charge in [-0.3, -0.25) is 13.9 Å². The molecule has 5 rings (SSSR count). The fourth-order valence-electron chi connectivity index (χ4n) is 3.70. The predicted octanol–water partition coefficient (Wildman–Crippen LogP) is 3.62.